The van der Waals surface area contributed by atoms with Crippen LogP contribution in [-0.4, -0.2) is 29.0 Å². The Labute approximate surface area is 150 Å². The molecule has 0 spiro atoms. The van der Waals surface area contributed by atoms with Crippen molar-refractivity contribution < 1.29 is 4.79 Å². The van der Waals surface area contributed by atoms with E-state index < -0.39 is 0 Å². The monoisotopic (exact) mass is 352 g/mol. The number of nitrogens with zero attached hydrogens (tertiary/aromatic N) is 3. The number of fused-ring (bicyclic) bond motifs is 1. The Morgan fingerprint density at radius 3 is 3.00 bits per heavy atom. The number of hydrogen-bond donors (Lipinski definition) is 1. The van der Waals surface area contributed by atoms with Crippen LogP contribution in [0.1, 0.15) is 18.4 Å². The number of piperidine rings is 1. The second-order valence-electron chi connectivity index (χ2n) is 6.41. The van der Waals surface area contributed by atoms with Crippen LogP contribution >= 0.6 is 11.3 Å². The fourth-order valence-electron chi connectivity index (χ4n) is 3.21. The van der Waals surface area contributed by atoms with Crippen molar-refractivity contribution in [3.05, 3.63) is 48.2 Å². The fourth-order valence-corrected chi connectivity index (χ4v) is 4.15. The van der Waals surface area contributed by atoms with E-state index in [1.807, 2.05) is 43.3 Å². The zero-order valence-electron chi connectivity index (χ0n) is 14.1. The van der Waals surface area contributed by atoms with Gasteiger partial charge in [0.1, 0.15) is 10.3 Å². The molecule has 3 heterocycles. The number of carbonyl (C=O) groups excluding carboxylic acids is 1. The second-order valence-corrected chi connectivity index (χ2v) is 7.37. The van der Waals surface area contributed by atoms with Crippen molar-refractivity contribution in [1.29, 1.82) is 0 Å². The lowest BCUT2D eigenvalue weighted by molar-refractivity contribution is -0.120. The molecule has 128 valence electrons. The van der Waals surface area contributed by atoms with Crippen LogP contribution in [0.2, 0.25) is 0 Å². The molecule has 25 heavy (non-hydrogen) atoms. The Balaban J connectivity index is 1.48. The molecule has 0 bridgehead atoms. The molecule has 4 rings (SSSR count). The minimum absolute atomic E-state index is 0.0201. The van der Waals surface area contributed by atoms with Gasteiger partial charge in [-0.2, -0.15) is 0 Å². The number of carbonyl (C=O) groups is 1. The number of thiazole rings is 1. The first-order valence-corrected chi connectivity index (χ1v) is 9.35. The molecule has 6 heteroatoms. The van der Waals surface area contributed by atoms with Gasteiger partial charge >= 0.3 is 0 Å². The summed E-state index contributed by atoms with van der Waals surface area (Å²) in [6.07, 6.45) is 3.70. The van der Waals surface area contributed by atoms with E-state index in [4.69, 9.17) is 0 Å². The minimum Gasteiger partial charge on any atom is -0.347 e. The van der Waals surface area contributed by atoms with Crippen LogP contribution in [-0.2, 0) is 4.79 Å². The zero-order chi connectivity index (χ0) is 17.2. The summed E-state index contributed by atoms with van der Waals surface area (Å²) in [5.41, 5.74) is 2.91. The molecular formula is C19H20N4OS. The lowest BCUT2D eigenvalue weighted by atomic mass is 9.97. The van der Waals surface area contributed by atoms with Crippen LogP contribution in [0.15, 0.2) is 42.6 Å². The van der Waals surface area contributed by atoms with E-state index in [0.717, 1.165) is 46.1 Å². The average molecular weight is 352 g/mol. The number of nitrogens with one attached hydrogen (secondary N) is 1. The molecule has 1 aliphatic rings. The van der Waals surface area contributed by atoms with Gasteiger partial charge in [0.15, 0.2) is 5.13 Å². The molecule has 2 aromatic heterocycles. The smallest absolute Gasteiger partial charge is 0.229 e. The van der Waals surface area contributed by atoms with Gasteiger partial charge in [-0.25, -0.2) is 9.97 Å². The molecule has 1 aromatic carbocycles. The SMILES string of the molecule is Cc1ccccc1NC(=O)[C@H]1CCCN(c2nc3cccnc3s2)C1. The summed E-state index contributed by atoms with van der Waals surface area (Å²) in [6, 6.07) is 11.8. The zero-order valence-corrected chi connectivity index (χ0v) is 14.9. The van der Waals surface area contributed by atoms with Crippen molar-refractivity contribution in [1.82, 2.24) is 9.97 Å². The molecular weight excluding hydrogens is 332 g/mol. The van der Waals surface area contributed by atoms with E-state index in [-0.39, 0.29) is 11.8 Å². The summed E-state index contributed by atoms with van der Waals surface area (Å²) < 4.78 is 0. The highest BCUT2D eigenvalue weighted by molar-refractivity contribution is 7.21. The third-order valence-electron chi connectivity index (χ3n) is 4.62. The first-order valence-electron chi connectivity index (χ1n) is 8.54. The summed E-state index contributed by atoms with van der Waals surface area (Å²) in [7, 11) is 0. The largest absolute Gasteiger partial charge is 0.347 e. The number of hydrogen-bond acceptors (Lipinski definition) is 5. The Kier molecular flexibility index (Phi) is 4.36. The predicted octanol–water partition coefficient (Wildman–Crippen LogP) is 3.85. The number of benzene rings is 1. The summed E-state index contributed by atoms with van der Waals surface area (Å²) in [4.78, 5) is 24.9. The molecule has 0 aliphatic carbocycles. The molecule has 1 fully saturated rings. The molecule has 1 atom stereocenters. The van der Waals surface area contributed by atoms with Crippen molar-refractivity contribution in [2.75, 3.05) is 23.3 Å². The molecule has 0 saturated carbocycles. The molecule has 1 amide bonds. The maximum Gasteiger partial charge on any atom is 0.229 e. The highest BCUT2D eigenvalue weighted by Crippen LogP contribution is 2.30. The second kappa shape index (κ2) is 6.80. The molecule has 1 N–H and O–H groups in total. The summed E-state index contributed by atoms with van der Waals surface area (Å²) in [5.74, 6) is 0.0755. The predicted molar refractivity (Wildman–Crippen MR) is 102 cm³/mol. The molecule has 3 aromatic rings. The van der Waals surface area contributed by atoms with Crippen molar-refractivity contribution in [3.63, 3.8) is 0 Å². The third kappa shape index (κ3) is 3.35. The first kappa shape index (κ1) is 16.0. The topological polar surface area (TPSA) is 58.1 Å². The number of anilines is 2. The fraction of sp³-hybridized carbons (Fsp3) is 0.316. The van der Waals surface area contributed by atoms with E-state index in [1.54, 1.807) is 17.5 Å². The van der Waals surface area contributed by atoms with Crippen LogP contribution in [0.4, 0.5) is 10.8 Å². The Hall–Kier alpha value is -2.47. The van der Waals surface area contributed by atoms with Crippen molar-refractivity contribution in [2.45, 2.75) is 19.8 Å². The normalized spacial score (nSPS) is 17.6. The number of pyridine rings is 1. The Morgan fingerprint density at radius 2 is 2.16 bits per heavy atom. The first-order chi connectivity index (χ1) is 12.2. The standard InChI is InChI=1S/C19H20N4OS/c1-13-6-2-3-8-15(13)21-17(24)14-7-5-11-23(12-14)19-22-16-9-4-10-20-18(16)25-19/h2-4,6,8-10,14H,5,7,11-12H2,1H3,(H,21,24)/t14-/m0/s1. The maximum atomic E-state index is 12.7. The Morgan fingerprint density at radius 1 is 1.28 bits per heavy atom. The minimum atomic E-state index is -0.0201. The molecule has 1 saturated heterocycles. The van der Waals surface area contributed by atoms with E-state index in [0.29, 0.717) is 6.54 Å². The summed E-state index contributed by atoms with van der Waals surface area (Å²) in [6.45, 7) is 3.66. The average Bonchev–Trinajstić information content (AvgIpc) is 3.08. The van der Waals surface area contributed by atoms with Gasteiger partial charge in [-0.05, 0) is 43.5 Å². The molecule has 1 aliphatic heterocycles. The number of aromatic nitrogens is 2. The van der Waals surface area contributed by atoms with Gasteiger partial charge in [-0.3, -0.25) is 4.79 Å². The van der Waals surface area contributed by atoms with E-state index in [1.165, 1.54) is 0 Å². The quantitative estimate of drug-likeness (QED) is 0.778. The van der Waals surface area contributed by atoms with Gasteiger partial charge in [-0.15, -0.1) is 0 Å². The number of para-hydroxylation sites is 1. The van der Waals surface area contributed by atoms with Gasteiger partial charge in [0.2, 0.25) is 5.91 Å². The summed E-state index contributed by atoms with van der Waals surface area (Å²) >= 11 is 1.60. The van der Waals surface area contributed by atoms with E-state index >= 15 is 0 Å². The van der Waals surface area contributed by atoms with Gasteiger partial charge in [0.05, 0.1) is 5.92 Å². The number of aryl methyl sites for hydroxylation is 1. The van der Waals surface area contributed by atoms with Gasteiger partial charge in [0, 0.05) is 25.0 Å². The van der Waals surface area contributed by atoms with Gasteiger partial charge in [-0.1, -0.05) is 29.5 Å². The summed E-state index contributed by atoms with van der Waals surface area (Å²) in [5, 5.41) is 4.04. The number of rotatable bonds is 3. The van der Waals surface area contributed by atoms with E-state index in [9.17, 15) is 4.79 Å². The molecule has 0 radical (unpaired) electrons. The third-order valence-corrected chi connectivity index (χ3v) is 5.66. The maximum absolute atomic E-state index is 12.7. The lowest BCUT2D eigenvalue weighted by Crippen LogP contribution is -2.40. The van der Waals surface area contributed by atoms with Crippen molar-refractivity contribution in [2.24, 2.45) is 5.92 Å². The molecule has 5 nitrogen and oxygen atoms in total. The number of amides is 1. The van der Waals surface area contributed by atoms with Gasteiger partial charge < -0.3 is 10.2 Å². The van der Waals surface area contributed by atoms with Crippen LogP contribution in [0.3, 0.4) is 0 Å². The Bertz CT molecular complexity index is 874. The lowest BCUT2D eigenvalue weighted by Gasteiger charge is -2.31. The van der Waals surface area contributed by atoms with Gasteiger partial charge in [0.25, 0.3) is 0 Å². The van der Waals surface area contributed by atoms with Crippen LogP contribution < -0.4 is 10.2 Å². The molecule has 0 unspecified atom stereocenters. The van der Waals surface area contributed by atoms with Crippen molar-refractivity contribution >= 4 is 38.4 Å². The highest BCUT2D eigenvalue weighted by Gasteiger charge is 2.27. The van der Waals surface area contributed by atoms with E-state index in [2.05, 4.69) is 20.2 Å². The van der Waals surface area contributed by atoms with Crippen LogP contribution in [0, 0.1) is 12.8 Å². The van der Waals surface area contributed by atoms with Crippen LogP contribution in [0.25, 0.3) is 10.3 Å². The van der Waals surface area contributed by atoms with Crippen LogP contribution in [0.5, 0.6) is 0 Å². The van der Waals surface area contributed by atoms with Crippen molar-refractivity contribution in [3.8, 4) is 0 Å². The highest BCUT2D eigenvalue weighted by atomic mass is 32.1.